The first kappa shape index (κ1) is 14.1. The second-order valence-corrected chi connectivity index (χ2v) is 4.53. The van der Waals surface area contributed by atoms with Crippen LogP contribution in [0.4, 0.5) is 11.4 Å². The summed E-state index contributed by atoms with van der Waals surface area (Å²) in [4.78, 5) is 12.1. The summed E-state index contributed by atoms with van der Waals surface area (Å²) in [6.45, 7) is 2.02. The van der Waals surface area contributed by atoms with Gasteiger partial charge in [0.15, 0.2) is 0 Å². The van der Waals surface area contributed by atoms with Crippen LogP contribution in [0.1, 0.15) is 18.9 Å². The Kier molecular flexibility index (Phi) is 4.38. The van der Waals surface area contributed by atoms with E-state index in [9.17, 15) is 10.1 Å². The molecule has 0 spiro atoms. The van der Waals surface area contributed by atoms with Crippen LogP contribution in [0, 0.1) is 15.5 Å². The molecule has 0 aliphatic rings. The molecule has 6 nitrogen and oxygen atoms in total. The van der Waals surface area contributed by atoms with E-state index in [4.69, 9.17) is 11.1 Å². The molecule has 0 saturated carbocycles. The summed E-state index contributed by atoms with van der Waals surface area (Å²) < 4.78 is 0. The van der Waals surface area contributed by atoms with Crippen LogP contribution in [0.15, 0.2) is 18.2 Å². The molecule has 98 valence electrons. The number of nitrogens with one attached hydrogen (secondary N) is 1. The minimum absolute atomic E-state index is 0.0970. The van der Waals surface area contributed by atoms with Crippen molar-refractivity contribution in [3.63, 3.8) is 0 Å². The molecule has 1 aromatic carbocycles. The fourth-order valence-corrected chi connectivity index (χ4v) is 1.50. The molecule has 0 aliphatic carbocycles. The van der Waals surface area contributed by atoms with Crippen LogP contribution < -0.4 is 5.73 Å². The Labute approximate surface area is 106 Å². The molecular formula is C12H18N4O2. The summed E-state index contributed by atoms with van der Waals surface area (Å²) in [6, 6.07) is 4.63. The third-order valence-corrected chi connectivity index (χ3v) is 2.95. The molecule has 1 atom stereocenters. The zero-order chi connectivity index (χ0) is 13.9. The lowest BCUT2D eigenvalue weighted by Gasteiger charge is -2.20. The first-order valence-corrected chi connectivity index (χ1v) is 5.61. The van der Waals surface area contributed by atoms with E-state index in [1.54, 1.807) is 6.07 Å². The van der Waals surface area contributed by atoms with E-state index in [1.165, 1.54) is 12.1 Å². The van der Waals surface area contributed by atoms with Crippen LogP contribution in [0.25, 0.3) is 0 Å². The van der Waals surface area contributed by atoms with Gasteiger partial charge >= 0.3 is 0 Å². The Morgan fingerprint density at radius 3 is 2.61 bits per heavy atom. The molecule has 0 heterocycles. The molecule has 3 N–H and O–H groups in total. The zero-order valence-corrected chi connectivity index (χ0v) is 10.8. The first-order valence-electron chi connectivity index (χ1n) is 5.61. The van der Waals surface area contributed by atoms with E-state index in [1.807, 2.05) is 25.9 Å². The number of rotatable bonds is 5. The number of nitrogen functional groups attached to an aromatic ring is 1. The van der Waals surface area contributed by atoms with Crippen molar-refractivity contribution >= 4 is 17.1 Å². The number of benzene rings is 1. The quantitative estimate of drug-likeness (QED) is 0.361. The van der Waals surface area contributed by atoms with Gasteiger partial charge in [-0.05, 0) is 38.7 Å². The van der Waals surface area contributed by atoms with Crippen molar-refractivity contribution in [3.05, 3.63) is 33.9 Å². The number of hydrogen-bond acceptors (Lipinski definition) is 5. The highest BCUT2D eigenvalue weighted by molar-refractivity contribution is 5.99. The second kappa shape index (κ2) is 5.59. The molecule has 0 fully saturated rings. The minimum atomic E-state index is -0.523. The number of nitro benzene ring substituents is 1. The number of nitrogens with zero attached hydrogens (tertiary/aromatic N) is 2. The van der Waals surface area contributed by atoms with E-state index in [-0.39, 0.29) is 17.4 Å². The van der Waals surface area contributed by atoms with Crippen LogP contribution in [0.3, 0.4) is 0 Å². The lowest BCUT2D eigenvalue weighted by molar-refractivity contribution is -0.383. The fourth-order valence-electron chi connectivity index (χ4n) is 1.50. The largest absolute Gasteiger partial charge is 0.393 e. The van der Waals surface area contributed by atoms with Gasteiger partial charge in [-0.25, -0.2) is 0 Å². The van der Waals surface area contributed by atoms with E-state index in [2.05, 4.69) is 0 Å². The van der Waals surface area contributed by atoms with Gasteiger partial charge in [-0.2, -0.15) is 0 Å². The van der Waals surface area contributed by atoms with Gasteiger partial charge in [0.25, 0.3) is 5.69 Å². The van der Waals surface area contributed by atoms with Gasteiger partial charge < -0.3 is 16.0 Å². The summed E-state index contributed by atoms with van der Waals surface area (Å²) in [6.07, 6.45) is 0.574. The summed E-state index contributed by atoms with van der Waals surface area (Å²) in [5.41, 5.74) is 6.64. The lowest BCUT2D eigenvalue weighted by Crippen LogP contribution is -2.27. The van der Waals surface area contributed by atoms with Crippen molar-refractivity contribution in [3.8, 4) is 0 Å². The summed E-state index contributed by atoms with van der Waals surface area (Å²) in [7, 11) is 3.89. The van der Waals surface area contributed by atoms with Crippen LogP contribution in [-0.4, -0.2) is 35.7 Å². The minimum Gasteiger partial charge on any atom is -0.393 e. The highest BCUT2D eigenvalue weighted by atomic mass is 16.6. The van der Waals surface area contributed by atoms with Gasteiger partial charge in [-0.1, -0.05) is 0 Å². The maximum atomic E-state index is 10.6. The van der Waals surface area contributed by atoms with Gasteiger partial charge in [-0.3, -0.25) is 10.1 Å². The Morgan fingerprint density at radius 2 is 2.17 bits per heavy atom. The smallest absolute Gasteiger partial charge is 0.292 e. The van der Waals surface area contributed by atoms with Crippen molar-refractivity contribution in [1.29, 1.82) is 5.41 Å². The van der Waals surface area contributed by atoms with Gasteiger partial charge in [-0.15, -0.1) is 0 Å². The van der Waals surface area contributed by atoms with E-state index >= 15 is 0 Å². The third kappa shape index (κ3) is 3.27. The van der Waals surface area contributed by atoms with Gasteiger partial charge in [0, 0.05) is 24.2 Å². The number of hydrogen-bond donors (Lipinski definition) is 2. The van der Waals surface area contributed by atoms with Crippen molar-refractivity contribution in [2.24, 2.45) is 0 Å². The topological polar surface area (TPSA) is 96.2 Å². The molecule has 1 rings (SSSR count). The molecule has 0 amide bonds. The average molecular weight is 250 g/mol. The Morgan fingerprint density at radius 1 is 1.56 bits per heavy atom. The molecule has 1 unspecified atom stereocenters. The lowest BCUT2D eigenvalue weighted by atomic mass is 10.0. The van der Waals surface area contributed by atoms with Crippen molar-refractivity contribution in [1.82, 2.24) is 4.90 Å². The Hall–Kier alpha value is -1.95. The maximum absolute atomic E-state index is 10.6. The van der Waals surface area contributed by atoms with Gasteiger partial charge in [0.2, 0.25) is 0 Å². The van der Waals surface area contributed by atoms with Crippen molar-refractivity contribution in [2.75, 3.05) is 19.8 Å². The number of nitro groups is 1. The SMILES string of the molecule is CC(CC(=N)c1ccc([N+](=O)[O-])c(N)c1)N(C)C. The zero-order valence-electron chi connectivity index (χ0n) is 10.8. The van der Waals surface area contributed by atoms with E-state index < -0.39 is 4.92 Å². The predicted octanol–water partition coefficient (Wildman–Crippen LogP) is 1.89. The second-order valence-electron chi connectivity index (χ2n) is 4.53. The van der Waals surface area contributed by atoms with Crippen molar-refractivity contribution in [2.45, 2.75) is 19.4 Å². The molecular weight excluding hydrogens is 232 g/mol. The fraction of sp³-hybridized carbons (Fsp3) is 0.417. The average Bonchev–Trinajstić information content (AvgIpc) is 2.27. The van der Waals surface area contributed by atoms with Gasteiger partial charge in [0.05, 0.1) is 4.92 Å². The monoisotopic (exact) mass is 250 g/mol. The summed E-state index contributed by atoms with van der Waals surface area (Å²) in [5, 5.41) is 18.6. The Bertz CT molecular complexity index is 471. The van der Waals surface area contributed by atoms with Crippen LogP contribution in [0.2, 0.25) is 0 Å². The highest BCUT2D eigenvalue weighted by Crippen LogP contribution is 2.23. The van der Waals surface area contributed by atoms with Crippen molar-refractivity contribution < 1.29 is 4.92 Å². The third-order valence-electron chi connectivity index (χ3n) is 2.95. The van der Waals surface area contributed by atoms with Crippen LogP contribution in [0.5, 0.6) is 0 Å². The molecule has 0 saturated heterocycles. The predicted molar refractivity (Wildman–Crippen MR) is 72.1 cm³/mol. The van der Waals surface area contributed by atoms with Crippen LogP contribution >= 0.6 is 0 Å². The summed E-state index contributed by atoms with van der Waals surface area (Å²) >= 11 is 0. The molecule has 6 heteroatoms. The molecule has 18 heavy (non-hydrogen) atoms. The van der Waals surface area contributed by atoms with Gasteiger partial charge in [0.1, 0.15) is 5.69 Å². The van der Waals surface area contributed by atoms with E-state index in [0.29, 0.717) is 17.7 Å². The molecule has 1 aromatic rings. The standard InChI is InChI=1S/C12H18N4O2/c1-8(15(2)3)6-10(13)9-4-5-12(16(17)18)11(14)7-9/h4-5,7-8,13H,6,14H2,1-3H3. The molecule has 0 aliphatic heterocycles. The molecule has 0 aromatic heterocycles. The number of anilines is 1. The number of nitrogens with two attached hydrogens (primary N) is 1. The Balaban J connectivity index is 2.88. The van der Waals surface area contributed by atoms with Crippen LogP contribution in [-0.2, 0) is 0 Å². The maximum Gasteiger partial charge on any atom is 0.292 e. The summed E-state index contributed by atoms with van der Waals surface area (Å²) in [5.74, 6) is 0. The highest BCUT2D eigenvalue weighted by Gasteiger charge is 2.14. The normalized spacial score (nSPS) is 12.4. The first-order chi connectivity index (χ1) is 8.32. The molecule has 0 radical (unpaired) electrons. The van der Waals surface area contributed by atoms with E-state index in [0.717, 1.165) is 0 Å². The molecule has 0 bridgehead atoms.